The fourth-order valence-electron chi connectivity index (χ4n) is 2.90. The van der Waals surface area contributed by atoms with Gasteiger partial charge in [0, 0.05) is 25.2 Å². The third-order valence-electron chi connectivity index (χ3n) is 4.40. The van der Waals surface area contributed by atoms with E-state index in [-0.39, 0.29) is 11.4 Å². The first-order valence-corrected chi connectivity index (χ1v) is 11.8. The normalized spacial score (nSPS) is 11.2. The number of rotatable bonds is 10. The number of benzene rings is 2. The van der Waals surface area contributed by atoms with Crippen LogP contribution in [0.25, 0.3) is 0 Å². The zero-order valence-corrected chi connectivity index (χ0v) is 19.0. The number of anilines is 1. The molecular weight excluding hydrogens is 398 g/mol. The van der Waals surface area contributed by atoms with E-state index in [0.717, 1.165) is 18.4 Å². The first-order valence-electron chi connectivity index (χ1n) is 10.3. The summed E-state index contributed by atoms with van der Waals surface area (Å²) in [6, 6.07) is 14.1. The van der Waals surface area contributed by atoms with E-state index in [1.54, 1.807) is 30.3 Å². The van der Waals surface area contributed by atoms with Crippen molar-refractivity contribution >= 4 is 15.7 Å². The molecule has 5 nitrogen and oxygen atoms in total. The maximum absolute atomic E-state index is 13.6. The van der Waals surface area contributed by atoms with Crippen molar-refractivity contribution in [3.05, 3.63) is 59.7 Å². The van der Waals surface area contributed by atoms with Gasteiger partial charge in [0.1, 0.15) is 0 Å². The van der Waals surface area contributed by atoms with Crippen LogP contribution in [0.15, 0.2) is 53.4 Å². The van der Waals surface area contributed by atoms with E-state index in [4.69, 9.17) is 9.47 Å². The molecule has 6 heteroatoms. The third kappa shape index (κ3) is 6.33. The van der Waals surface area contributed by atoms with Crippen molar-refractivity contribution in [1.29, 1.82) is 0 Å². The van der Waals surface area contributed by atoms with E-state index in [0.29, 0.717) is 24.5 Å². The Bertz CT molecular complexity index is 953. The smallest absolute Gasteiger partial charge is 0.264 e. The lowest BCUT2D eigenvalue weighted by Crippen LogP contribution is -2.40. The van der Waals surface area contributed by atoms with E-state index >= 15 is 0 Å². The minimum absolute atomic E-state index is 0.0321. The maximum Gasteiger partial charge on any atom is 0.264 e. The van der Waals surface area contributed by atoms with Crippen LogP contribution in [0.5, 0.6) is 0 Å². The molecule has 0 aromatic heterocycles. The molecule has 0 aliphatic rings. The van der Waals surface area contributed by atoms with Crippen LogP contribution in [0.2, 0.25) is 0 Å². The summed E-state index contributed by atoms with van der Waals surface area (Å²) in [5, 5.41) is 0. The molecule has 0 radical (unpaired) electrons. The fourth-order valence-corrected chi connectivity index (χ4v) is 4.37. The summed E-state index contributed by atoms with van der Waals surface area (Å²) in [6.45, 7) is 8.56. The van der Waals surface area contributed by atoms with Gasteiger partial charge in [-0.1, -0.05) is 48.6 Å². The highest BCUT2D eigenvalue weighted by molar-refractivity contribution is 7.92. The second-order valence-electron chi connectivity index (χ2n) is 6.76. The van der Waals surface area contributed by atoms with Gasteiger partial charge in [0.2, 0.25) is 0 Å². The summed E-state index contributed by atoms with van der Waals surface area (Å²) in [5.74, 6) is 6.24. The van der Waals surface area contributed by atoms with Gasteiger partial charge in [-0.3, -0.25) is 4.31 Å². The standard InChI is InChI=1S/C24H31NO4S/c1-5-8-9-12-21-13-10-11-14-23(21)25(19-24(28-6-2)29-7-3)30(26,27)22-17-15-20(4)16-18-22/h10-11,13-18,24H,5-8,19H2,1-4H3. The Balaban J connectivity index is 2.57. The van der Waals surface area contributed by atoms with Gasteiger partial charge >= 0.3 is 0 Å². The highest BCUT2D eigenvalue weighted by atomic mass is 32.2. The predicted octanol–water partition coefficient (Wildman–Crippen LogP) is 4.74. The second-order valence-corrected chi connectivity index (χ2v) is 8.62. The van der Waals surface area contributed by atoms with Gasteiger partial charge in [-0.15, -0.1) is 0 Å². The Hall–Kier alpha value is -2.33. The number of aryl methyl sites for hydroxylation is 1. The van der Waals surface area contributed by atoms with Crippen LogP contribution in [-0.2, 0) is 19.5 Å². The van der Waals surface area contributed by atoms with E-state index in [9.17, 15) is 8.42 Å². The van der Waals surface area contributed by atoms with Crippen LogP contribution in [0, 0.1) is 18.8 Å². The first kappa shape index (κ1) is 23.9. The van der Waals surface area contributed by atoms with E-state index in [2.05, 4.69) is 18.8 Å². The fraction of sp³-hybridized carbons (Fsp3) is 0.417. The van der Waals surface area contributed by atoms with E-state index < -0.39 is 16.3 Å². The van der Waals surface area contributed by atoms with Crippen molar-refractivity contribution in [2.24, 2.45) is 0 Å². The van der Waals surface area contributed by atoms with Crippen molar-refractivity contribution in [2.75, 3.05) is 24.1 Å². The molecule has 0 aliphatic carbocycles. The Morgan fingerprint density at radius 3 is 2.20 bits per heavy atom. The van der Waals surface area contributed by atoms with Crippen molar-refractivity contribution in [3.8, 4) is 11.8 Å². The van der Waals surface area contributed by atoms with E-state index in [1.165, 1.54) is 4.31 Å². The molecule has 30 heavy (non-hydrogen) atoms. The van der Waals surface area contributed by atoms with E-state index in [1.807, 2.05) is 39.0 Å². The lowest BCUT2D eigenvalue weighted by molar-refractivity contribution is -0.128. The van der Waals surface area contributed by atoms with Gasteiger partial charge < -0.3 is 9.47 Å². The number of nitrogens with zero attached hydrogens (tertiary/aromatic N) is 1. The summed E-state index contributed by atoms with van der Waals surface area (Å²) in [6.07, 6.45) is 1.01. The van der Waals surface area contributed by atoms with Gasteiger partial charge in [-0.05, 0) is 51.5 Å². The second kappa shape index (κ2) is 11.8. The summed E-state index contributed by atoms with van der Waals surface area (Å²) >= 11 is 0. The van der Waals surface area contributed by atoms with Crippen LogP contribution in [0.1, 0.15) is 44.7 Å². The van der Waals surface area contributed by atoms with Crippen LogP contribution in [-0.4, -0.2) is 34.5 Å². The van der Waals surface area contributed by atoms with Crippen LogP contribution >= 0.6 is 0 Å². The minimum Gasteiger partial charge on any atom is -0.351 e. The predicted molar refractivity (Wildman–Crippen MR) is 121 cm³/mol. The van der Waals surface area contributed by atoms with Crippen LogP contribution in [0.3, 0.4) is 0 Å². The molecule has 0 unspecified atom stereocenters. The van der Waals surface area contributed by atoms with Gasteiger partial charge in [0.15, 0.2) is 6.29 Å². The highest BCUT2D eigenvalue weighted by Crippen LogP contribution is 2.28. The van der Waals surface area contributed by atoms with Gasteiger partial charge in [-0.2, -0.15) is 0 Å². The van der Waals surface area contributed by atoms with Gasteiger partial charge in [0.05, 0.1) is 17.1 Å². The molecule has 2 aromatic carbocycles. The number of hydrogen-bond donors (Lipinski definition) is 0. The molecule has 0 saturated heterocycles. The zero-order chi connectivity index (χ0) is 22.0. The molecule has 2 rings (SSSR count). The summed E-state index contributed by atoms with van der Waals surface area (Å²) in [7, 11) is -3.85. The number of unbranched alkanes of at least 4 members (excludes halogenated alkanes) is 1. The van der Waals surface area contributed by atoms with Crippen molar-refractivity contribution in [2.45, 2.75) is 51.7 Å². The maximum atomic E-state index is 13.6. The lowest BCUT2D eigenvalue weighted by Gasteiger charge is -2.29. The van der Waals surface area contributed by atoms with Crippen LogP contribution in [0.4, 0.5) is 5.69 Å². The summed E-state index contributed by atoms with van der Waals surface area (Å²) in [4.78, 5) is 0.219. The molecule has 0 heterocycles. The molecule has 0 saturated carbocycles. The van der Waals surface area contributed by atoms with Crippen LogP contribution < -0.4 is 4.31 Å². The molecule has 0 atom stereocenters. The molecule has 2 aromatic rings. The summed E-state index contributed by atoms with van der Waals surface area (Å²) in [5.41, 5.74) is 2.17. The molecule has 0 aliphatic heterocycles. The highest BCUT2D eigenvalue weighted by Gasteiger charge is 2.29. The Labute approximate surface area is 181 Å². The van der Waals surface area contributed by atoms with Gasteiger partial charge in [-0.25, -0.2) is 8.42 Å². The Morgan fingerprint density at radius 1 is 0.967 bits per heavy atom. The Kier molecular flexibility index (Phi) is 9.38. The lowest BCUT2D eigenvalue weighted by atomic mass is 10.1. The monoisotopic (exact) mass is 429 g/mol. The SMILES string of the molecule is CCCC#Cc1ccccc1N(CC(OCC)OCC)S(=O)(=O)c1ccc(C)cc1. The minimum atomic E-state index is -3.85. The molecule has 0 amide bonds. The molecule has 162 valence electrons. The third-order valence-corrected chi connectivity index (χ3v) is 6.19. The average Bonchev–Trinajstić information content (AvgIpc) is 2.73. The molecule has 0 bridgehead atoms. The Morgan fingerprint density at radius 2 is 1.60 bits per heavy atom. The largest absolute Gasteiger partial charge is 0.351 e. The van der Waals surface area contributed by atoms with Gasteiger partial charge in [0.25, 0.3) is 10.0 Å². The van der Waals surface area contributed by atoms with Crippen molar-refractivity contribution in [3.63, 3.8) is 0 Å². The molecular formula is C24H31NO4S. The van der Waals surface area contributed by atoms with Crippen molar-refractivity contribution < 1.29 is 17.9 Å². The molecule has 0 spiro atoms. The first-order chi connectivity index (χ1) is 14.4. The van der Waals surface area contributed by atoms with Crippen molar-refractivity contribution in [1.82, 2.24) is 0 Å². The summed E-state index contributed by atoms with van der Waals surface area (Å²) < 4.78 is 39.9. The number of para-hydroxylation sites is 1. The topological polar surface area (TPSA) is 55.8 Å². The number of hydrogen-bond acceptors (Lipinski definition) is 4. The number of sulfonamides is 1. The number of ether oxygens (including phenoxy) is 2. The average molecular weight is 430 g/mol. The molecule has 0 fully saturated rings. The quantitative estimate of drug-likeness (QED) is 0.404. The zero-order valence-electron chi connectivity index (χ0n) is 18.2. The molecule has 0 N–H and O–H groups in total.